The molecule has 4 rings (SSSR count). The van der Waals surface area contributed by atoms with Gasteiger partial charge < -0.3 is 11.1 Å². The van der Waals surface area contributed by atoms with Gasteiger partial charge >= 0.3 is 6.03 Å². The molecule has 1 aliphatic heterocycles. The summed E-state index contributed by atoms with van der Waals surface area (Å²) in [7, 11) is 0. The Balaban J connectivity index is 1.57. The topological polar surface area (TPSA) is 87.5 Å². The molecule has 0 spiro atoms. The molecule has 2 heterocycles. The third kappa shape index (κ3) is 4.54. The molecule has 31 heavy (non-hydrogen) atoms. The van der Waals surface area contributed by atoms with Crippen LogP contribution >= 0.6 is 22.9 Å². The Morgan fingerprint density at radius 1 is 1.16 bits per heavy atom. The first kappa shape index (κ1) is 21.6. The molecule has 8 heteroatoms. The summed E-state index contributed by atoms with van der Waals surface area (Å²) in [5.41, 5.74) is 7.72. The van der Waals surface area contributed by atoms with Gasteiger partial charge in [-0.3, -0.25) is 15.0 Å². The number of fused-ring (bicyclic) bond motifs is 2. The van der Waals surface area contributed by atoms with Crippen molar-refractivity contribution in [1.29, 1.82) is 0 Å². The molecular weight excluding hydrogens is 432 g/mol. The summed E-state index contributed by atoms with van der Waals surface area (Å²) in [5, 5.41) is 8.55. The highest BCUT2D eigenvalue weighted by Crippen LogP contribution is 2.37. The molecule has 3 amide bonds. The molecule has 0 aliphatic carbocycles. The summed E-state index contributed by atoms with van der Waals surface area (Å²) in [5.74, 6) is 0.0525. The zero-order valence-corrected chi connectivity index (χ0v) is 19.1. The van der Waals surface area contributed by atoms with E-state index in [0.29, 0.717) is 27.2 Å². The number of amides is 3. The number of hydrogen-bond acceptors (Lipinski definition) is 4. The molecule has 6 nitrogen and oxygen atoms in total. The van der Waals surface area contributed by atoms with E-state index in [2.05, 4.69) is 29.4 Å². The van der Waals surface area contributed by atoms with Crippen LogP contribution in [0.15, 0.2) is 36.4 Å². The van der Waals surface area contributed by atoms with Crippen molar-refractivity contribution in [3.63, 3.8) is 0 Å². The maximum atomic E-state index is 12.8. The smallest absolute Gasteiger partial charge is 0.324 e. The molecule has 0 saturated heterocycles. The van der Waals surface area contributed by atoms with Gasteiger partial charge in [0.15, 0.2) is 0 Å². The first-order valence-electron chi connectivity index (χ1n) is 10.3. The van der Waals surface area contributed by atoms with Gasteiger partial charge in [-0.15, -0.1) is 11.3 Å². The average Bonchev–Trinajstić information content (AvgIpc) is 3.07. The number of carbonyl (C=O) groups is 2. The van der Waals surface area contributed by atoms with Crippen molar-refractivity contribution in [2.75, 3.05) is 23.7 Å². The highest BCUT2D eigenvalue weighted by molar-refractivity contribution is 7.17. The van der Waals surface area contributed by atoms with Crippen molar-refractivity contribution in [3.05, 3.63) is 57.4 Å². The summed E-state index contributed by atoms with van der Waals surface area (Å²) in [4.78, 5) is 28.5. The van der Waals surface area contributed by atoms with Crippen LogP contribution in [0.5, 0.6) is 0 Å². The number of nitrogens with zero attached hydrogens (tertiary/aromatic N) is 1. The van der Waals surface area contributed by atoms with E-state index in [1.165, 1.54) is 11.3 Å². The van der Waals surface area contributed by atoms with Crippen LogP contribution in [0.25, 0.3) is 10.8 Å². The predicted octanol–water partition coefficient (Wildman–Crippen LogP) is 5.31. The fraction of sp³-hybridized carbons (Fsp3) is 0.304. The van der Waals surface area contributed by atoms with E-state index in [9.17, 15) is 9.59 Å². The van der Waals surface area contributed by atoms with Crippen molar-refractivity contribution >= 4 is 56.3 Å². The fourth-order valence-electron chi connectivity index (χ4n) is 4.11. The molecule has 1 aromatic heterocycles. The lowest BCUT2D eigenvalue weighted by Gasteiger charge is -2.28. The number of benzene rings is 2. The van der Waals surface area contributed by atoms with Crippen molar-refractivity contribution < 1.29 is 9.59 Å². The Morgan fingerprint density at radius 3 is 2.61 bits per heavy atom. The van der Waals surface area contributed by atoms with Crippen molar-refractivity contribution in [1.82, 2.24) is 4.90 Å². The van der Waals surface area contributed by atoms with Gasteiger partial charge in [0.05, 0.1) is 11.3 Å². The Bertz CT molecular complexity index is 1160. The fourth-order valence-corrected chi connectivity index (χ4v) is 5.62. The molecule has 0 unspecified atom stereocenters. The van der Waals surface area contributed by atoms with Crippen LogP contribution in [0.2, 0.25) is 5.02 Å². The van der Waals surface area contributed by atoms with Gasteiger partial charge in [0.1, 0.15) is 5.00 Å². The Kier molecular flexibility index (Phi) is 6.18. The van der Waals surface area contributed by atoms with Gasteiger partial charge in [-0.25, -0.2) is 4.79 Å². The number of urea groups is 1. The van der Waals surface area contributed by atoms with Crippen molar-refractivity contribution in [3.8, 4) is 0 Å². The van der Waals surface area contributed by atoms with E-state index >= 15 is 0 Å². The van der Waals surface area contributed by atoms with Gasteiger partial charge in [-0.1, -0.05) is 49.7 Å². The summed E-state index contributed by atoms with van der Waals surface area (Å²) >= 11 is 7.70. The normalized spacial score (nSPS) is 13.9. The molecule has 0 bridgehead atoms. The Hall–Kier alpha value is -2.61. The standard InChI is InChI=1S/C23H25ClN4O2S/c1-13(2)11-28-10-9-16-19(12-28)31-22(20(16)21(25)29)27-23(30)26-18-8-7-17(24)14-5-3-4-6-15(14)18/h3-8,13H,9-12H2,1-2H3,(H2,25,29)(H2,26,27,30). The van der Waals surface area contributed by atoms with Crippen LogP contribution in [-0.2, 0) is 13.0 Å². The second-order valence-corrected chi connectivity index (χ2v) is 9.68. The summed E-state index contributed by atoms with van der Waals surface area (Å²) < 4.78 is 0. The average molecular weight is 457 g/mol. The van der Waals surface area contributed by atoms with E-state index < -0.39 is 11.9 Å². The third-order valence-corrected chi connectivity index (χ3v) is 6.81. The van der Waals surface area contributed by atoms with Crippen LogP contribution in [0.3, 0.4) is 0 Å². The van der Waals surface area contributed by atoms with E-state index in [1.54, 1.807) is 12.1 Å². The number of hydrogen-bond donors (Lipinski definition) is 3. The lowest BCUT2D eigenvalue weighted by molar-refractivity contribution is 0.0999. The largest absolute Gasteiger partial charge is 0.365 e. The van der Waals surface area contributed by atoms with E-state index in [1.807, 2.05) is 24.3 Å². The molecule has 162 valence electrons. The second kappa shape index (κ2) is 8.86. The van der Waals surface area contributed by atoms with E-state index in [0.717, 1.165) is 47.3 Å². The molecule has 3 aromatic rings. The maximum Gasteiger partial charge on any atom is 0.324 e. The zero-order chi connectivity index (χ0) is 22.1. The second-order valence-electron chi connectivity index (χ2n) is 8.17. The van der Waals surface area contributed by atoms with Crippen LogP contribution in [-0.4, -0.2) is 29.9 Å². The molecule has 0 radical (unpaired) electrons. The summed E-state index contributed by atoms with van der Waals surface area (Å²) in [6.07, 6.45) is 0.752. The number of nitrogens with one attached hydrogen (secondary N) is 2. The lowest BCUT2D eigenvalue weighted by atomic mass is 10.0. The monoisotopic (exact) mass is 456 g/mol. The minimum atomic E-state index is -0.512. The van der Waals surface area contributed by atoms with Crippen LogP contribution < -0.4 is 16.4 Å². The summed E-state index contributed by atoms with van der Waals surface area (Å²) in [6.45, 7) is 7.03. The Morgan fingerprint density at radius 2 is 1.90 bits per heavy atom. The number of halogens is 1. The maximum absolute atomic E-state index is 12.8. The number of anilines is 2. The zero-order valence-electron chi connectivity index (χ0n) is 17.5. The first-order chi connectivity index (χ1) is 14.8. The molecule has 2 aromatic carbocycles. The molecular formula is C23H25ClN4O2S. The number of primary amides is 1. The van der Waals surface area contributed by atoms with Crippen LogP contribution in [0.4, 0.5) is 15.5 Å². The summed E-state index contributed by atoms with van der Waals surface area (Å²) in [6, 6.07) is 10.7. The quantitative estimate of drug-likeness (QED) is 0.486. The molecule has 4 N–H and O–H groups in total. The van der Waals surface area contributed by atoms with E-state index in [4.69, 9.17) is 17.3 Å². The number of carbonyl (C=O) groups excluding carboxylic acids is 2. The van der Waals surface area contributed by atoms with Gasteiger partial charge in [0.25, 0.3) is 5.91 Å². The Labute approximate surface area is 190 Å². The molecule has 0 fully saturated rings. The number of nitrogens with two attached hydrogens (primary N) is 1. The molecule has 0 saturated carbocycles. The van der Waals surface area contributed by atoms with Crippen molar-refractivity contribution in [2.24, 2.45) is 11.7 Å². The van der Waals surface area contributed by atoms with Gasteiger partial charge in [0.2, 0.25) is 0 Å². The van der Waals surface area contributed by atoms with Gasteiger partial charge in [-0.05, 0) is 30.0 Å². The van der Waals surface area contributed by atoms with Crippen LogP contribution in [0.1, 0.15) is 34.6 Å². The lowest BCUT2D eigenvalue weighted by Crippen LogP contribution is -2.33. The van der Waals surface area contributed by atoms with Gasteiger partial charge in [-0.2, -0.15) is 0 Å². The van der Waals surface area contributed by atoms with Crippen molar-refractivity contribution in [2.45, 2.75) is 26.8 Å². The first-order valence-corrected chi connectivity index (χ1v) is 11.4. The number of thiophene rings is 1. The third-order valence-electron chi connectivity index (χ3n) is 5.35. The minimum absolute atomic E-state index is 0.424. The van der Waals surface area contributed by atoms with Gasteiger partial charge in [0, 0.05) is 40.3 Å². The van der Waals surface area contributed by atoms with Crippen LogP contribution in [0, 0.1) is 5.92 Å². The predicted molar refractivity (Wildman–Crippen MR) is 128 cm³/mol. The number of rotatable bonds is 5. The minimum Gasteiger partial charge on any atom is -0.365 e. The molecule has 1 aliphatic rings. The SMILES string of the molecule is CC(C)CN1CCc2c(sc(NC(=O)Nc3ccc(Cl)c4ccccc34)c2C(N)=O)C1. The highest BCUT2D eigenvalue weighted by Gasteiger charge is 2.28. The highest BCUT2D eigenvalue weighted by atomic mass is 35.5. The molecule has 0 atom stereocenters. The van der Waals surface area contributed by atoms with E-state index in [-0.39, 0.29) is 0 Å².